The second kappa shape index (κ2) is 7.93. The van der Waals surface area contributed by atoms with E-state index in [9.17, 15) is 0 Å². The van der Waals surface area contributed by atoms with E-state index in [4.69, 9.17) is 4.99 Å². The molecule has 0 aliphatic carbocycles. The van der Waals surface area contributed by atoms with Gasteiger partial charge in [0.25, 0.3) is 0 Å². The lowest BCUT2D eigenvalue weighted by atomic mass is 10.0. The van der Waals surface area contributed by atoms with Crippen molar-refractivity contribution < 1.29 is 0 Å². The van der Waals surface area contributed by atoms with Crippen molar-refractivity contribution in [2.75, 3.05) is 6.54 Å². The molecule has 19 heavy (non-hydrogen) atoms. The Morgan fingerprint density at radius 2 is 2.16 bits per heavy atom. The maximum atomic E-state index is 4.81. The standard InChI is InChI=1S/C16H27N3/c1-6-9-15(7-2)12-19-16(8-3)18-14(5)10-13(4)11-17-19/h6-7,9,11,13-14H,8,10,12H2,1-5H3/b9-6-,15-7+,17-11-,18-16-. The fourth-order valence-corrected chi connectivity index (χ4v) is 2.27. The summed E-state index contributed by atoms with van der Waals surface area (Å²) in [5.41, 5.74) is 1.27. The topological polar surface area (TPSA) is 28.0 Å². The normalized spacial score (nSPS) is 29.8. The zero-order chi connectivity index (χ0) is 14.3. The summed E-state index contributed by atoms with van der Waals surface area (Å²) in [6, 6.07) is 0.370. The van der Waals surface area contributed by atoms with Crippen molar-refractivity contribution in [1.29, 1.82) is 0 Å². The molecule has 2 unspecified atom stereocenters. The predicted octanol–water partition coefficient (Wildman–Crippen LogP) is 4.03. The van der Waals surface area contributed by atoms with Gasteiger partial charge in [-0.25, -0.2) is 5.01 Å². The summed E-state index contributed by atoms with van der Waals surface area (Å²) in [6.45, 7) is 11.4. The number of hydrazone groups is 1. The van der Waals surface area contributed by atoms with Crippen LogP contribution < -0.4 is 0 Å². The van der Waals surface area contributed by atoms with Gasteiger partial charge in [0, 0.05) is 18.7 Å². The minimum absolute atomic E-state index is 0.370. The highest BCUT2D eigenvalue weighted by Crippen LogP contribution is 2.14. The van der Waals surface area contributed by atoms with Gasteiger partial charge in [-0.3, -0.25) is 4.99 Å². The average molecular weight is 261 g/mol. The Morgan fingerprint density at radius 1 is 1.42 bits per heavy atom. The third kappa shape index (κ3) is 5.01. The molecule has 3 heteroatoms. The van der Waals surface area contributed by atoms with Crippen molar-refractivity contribution in [2.24, 2.45) is 16.0 Å². The molecule has 0 bridgehead atoms. The summed E-state index contributed by atoms with van der Waals surface area (Å²) in [6.07, 6.45) is 10.4. The lowest BCUT2D eigenvalue weighted by Crippen LogP contribution is -2.31. The van der Waals surface area contributed by atoms with E-state index in [2.05, 4.69) is 57.2 Å². The summed E-state index contributed by atoms with van der Waals surface area (Å²) in [5, 5.41) is 6.67. The number of hydrogen-bond acceptors (Lipinski definition) is 3. The molecular formula is C16H27N3. The van der Waals surface area contributed by atoms with Crippen molar-refractivity contribution in [3.8, 4) is 0 Å². The van der Waals surface area contributed by atoms with Gasteiger partial charge in [-0.05, 0) is 38.7 Å². The van der Waals surface area contributed by atoms with Crippen LogP contribution in [0.3, 0.4) is 0 Å². The molecule has 0 spiro atoms. The number of allylic oxidation sites excluding steroid dienone is 2. The summed E-state index contributed by atoms with van der Waals surface area (Å²) in [4.78, 5) is 4.81. The first-order valence-corrected chi connectivity index (χ1v) is 7.26. The molecule has 1 heterocycles. The second-order valence-electron chi connectivity index (χ2n) is 5.15. The number of hydrogen-bond donors (Lipinski definition) is 0. The van der Waals surface area contributed by atoms with Crippen molar-refractivity contribution in [1.82, 2.24) is 5.01 Å². The van der Waals surface area contributed by atoms with E-state index in [-0.39, 0.29) is 0 Å². The fourth-order valence-electron chi connectivity index (χ4n) is 2.27. The molecule has 1 aliphatic heterocycles. The van der Waals surface area contributed by atoms with Gasteiger partial charge >= 0.3 is 0 Å². The van der Waals surface area contributed by atoms with Crippen LogP contribution >= 0.6 is 0 Å². The van der Waals surface area contributed by atoms with Crippen LogP contribution in [0.4, 0.5) is 0 Å². The van der Waals surface area contributed by atoms with Gasteiger partial charge in [0.05, 0.1) is 6.54 Å². The quantitative estimate of drug-likeness (QED) is 0.702. The molecule has 0 N–H and O–H groups in total. The van der Waals surface area contributed by atoms with E-state index in [1.54, 1.807) is 0 Å². The largest absolute Gasteiger partial charge is 0.268 e. The van der Waals surface area contributed by atoms with Crippen molar-refractivity contribution in [3.05, 3.63) is 23.8 Å². The molecule has 0 radical (unpaired) electrons. The second-order valence-corrected chi connectivity index (χ2v) is 5.15. The third-order valence-corrected chi connectivity index (χ3v) is 3.24. The monoisotopic (exact) mass is 261 g/mol. The first-order valence-electron chi connectivity index (χ1n) is 7.26. The zero-order valence-corrected chi connectivity index (χ0v) is 12.9. The van der Waals surface area contributed by atoms with Crippen LogP contribution in [0.15, 0.2) is 33.9 Å². The summed E-state index contributed by atoms with van der Waals surface area (Å²) >= 11 is 0. The highest BCUT2D eigenvalue weighted by atomic mass is 15.5. The maximum Gasteiger partial charge on any atom is 0.120 e. The summed E-state index contributed by atoms with van der Waals surface area (Å²) in [5.74, 6) is 1.56. The molecule has 3 nitrogen and oxygen atoms in total. The minimum Gasteiger partial charge on any atom is -0.268 e. The van der Waals surface area contributed by atoms with Crippen molar-refractivity contribution in [3.63, 3.8) is 0 Å². The minimum atomic E-state index is 0.370. The van der Waals surface area contributed by atoms with Crippen LogP contribution in [0.25, 0.3) is 0 Å². The molecule has 0 fully saturated rings. The molecule has 0 saturated carbocycles. The van der Waals surface area contributed by atoms with Crippen molar-refractivity contribution in [2.45, 2.75) is 53.5 Å². The van der Waals surface area contributed by atoms with Crippen LogP contribution in [-0.2, 0) is 0 Å². The van der Waals surface area contributed by atoms with Crippen LogP contribution in [-0.4, -0.2) is 29.6 Å². The van der Waals surface area contributed by atoms with E-state index in [0.717, 1.165) is 25.2 Å². The van der Waals surface area contributed by atoms with Gasteiger partial charge in [0.15, 0.2) is 0 Å². The molecular weight excluding hydrogens is 234 g/mol. The first kappa shape index (κ1) is 15.7. The van der Waals surface area contributed by atoms with E-state index in [1.807, 2.05) is 11.9 Å². The number of nitrogens with zero attached hydrogens (tertiary/aromatic N) is 3. The number of aliphatic imine (C=N–C) groups is 1. The molecule has 0 aromatic heterocycles. The fraction of sp³-hybridized carbons (Fsp3) is 0.625. The van der Waals surface area contributed by atoms with Crippen LogP contribution in [0, 0.1) is 5.92 Å². The van der Waals surface area contributed by atoms with Gasteiger partial charge < -0.3 is 0 Å². The summed E-state index contributed by atoms with van der Waals surface area (Å²) in [7, 11) is 0. The van der Waals surface area contributed by atoms with E-state index < -0.39 is 0 Å². The molecule has 0 saturated heterocycles. The molecule has 0 aromatic carbocycles. The van der Waals surface area contributed by atoms with Crippen LogP contribution in [0.2, 0.25) is 0 Å². The molecule has 0 amide bonds. The zero-order valence-electron chi connectivity index (χ0n) is 12.9. The smallest absolute Gasteiger partial charge is 0.120 e. The van der Waals surface area contributed by atoms with Crippen LogP contribution in [0.1, 0.15) is 47.5 Å². The van der Waals surface area contributed by atoms with Gasteiger partial charge in [-0.1, -0.05) is 32.1 Å². The van der Waals surface area contributed by atoms with E-state index in [0.29, 0.717) is 12.0 Å². The Morgan fingerprint density at radius 3 is 2.74 bits per heavy atom. The highest BCUT2D eigenvalue weighted by molar-refractivity contribution is 5.83. The molecule has 1 aliphatic rings. The highest BCUT2D eigenvalue weighted by Gasteiger charge is 2.15. The summed E-state index contributed by atoms with van der Waals surface area (Å²) < 4.78 is 0. The predicted molar refractivity (Wildman–Crippen MR) is 84.7 cm³/mol. The third-order valence-electron chi connectivity index (χ3n) is 3.24. The van der Waals surface area contributed by atoms with Gasteiger partial charge in [-0.15, -0.1) is 0 Å². The van der Waals surface area contributed by atoms with Crippen molar-refractivity contribution >= 4 is 12.1 Å². The molecule has 1 rings (SSSR count). The average Bonchev–Trinajstić information content (AvgIpc) is 2.38. The lowest BCUT2D eigenvalue weighted by molar-refractivity contribution is 0.451. The Bertz CT molecular complexity index is 391. The Labute approximate surface area is 117 Å². The number of rotatable bonds is 4. The van der Waals surface area contributed by atoms with E-state index in [1.165, 1.54) is 5.57 Å². The lowest BCUT2D eigenvalue weighted by Gasteiger charge is -2.25. The molecule has 106 valence electrons. The Kier molecular flexibility index (Phi) is 6.54. The Balaban J connectivity index is 2.95. The molecule has 2 atom stereocenters. The van der Waals surface area contributed by atoms with Gasteiger partial charge in [0.1, 0.15) is 5.84 Å². The number of amidine groups is 1. The Hall–Kier alpha value is -1.38. The van der Waals surface area contributed by atoms with E-state index >= 15 is 0 Å². The molecule has 0 aromatic rings. The first-order chi connectivity index (χ1) is 9.10. The SMILES string of the molecule is C/C=C\C(=C/C)CN1/N=C\C(C)CC(C)/N=C\1CC. The van der Waals surface area contributed by atoms with Gasteiger partial charge in [-0.2, -0.15) is 5.10 Å². The van der Waals surface area contributed by atoms with Crippen LogP contribution in [0.5, 0.6) is 0 Å². The van der Waals surface area contributed by atoms with Gasteiger partial charge in [0.2, 0.25) is 0 Å². The maximum absolute atomic E-state index is 4.81.